The summed E-state index contributed by atoms with van der Waals surface area (Å²) < 4.78 is 51.4. The number of hydrogen-bond acceptors (Lipinski definition) is 14. The van der Waals surface area contributed by atoms with Gasteiger partial charge in [-0.3, -0.25) is 0 Å². The molecule has 5 N–H and O–H groups in total. The van der Waals surface area contributed by atoms with Crippen LogP contribution in [0.5, 0.6) is 0 Å². The highest BCUT2D eigenvalue weighted by molar-refractivity contribution is 6.74. The highest BCUT2D eigenvalue weighted by Gasteiger charge is 2.37. The number of methoxy groups -OCH3 is 2. The lowest BCUT2D eigenvalue weighted by atomic mass is 10.0. The molecule has 0 saturated carbocycles. The van der Waals surface area contributed by atoms with Gasteiger partial charge in [0.1, 0.15) is 0 Å². The first-order chi connectivity index (χ1) is 56.1. The van der Waals surface area contributed by atoms with Crippen LogP contribution in [0.25, 0.3) is 0 Å². The molecule has 1 saturated heterocycles. The molecule has 0 radical (unpaired) electrons. The molecule has 15 heteroatoms. The smallest absolute Gasteiger partial charge is 0.191 e. The normalized spacial score (nSPS) is 14.7. The summed E-state index contributed by atoms with van der Waals surface area (Å²) in [4.78, 5) is 0. The number of ether oxygens (including phenoxy) is 8. The predicted molar refractivity (Wildman–Crippen MR) is 496 cm³/mol. The summed E-state index contributed by atoms with van der Waals surface area (Å²) in [5.41, 5.74) is 1.09. The number of hydrogen-bond donors (Lipinski definition) is 5. The lowest BCUT2D eigenvalue weighted by molar-refractivity contribution is -0.227. The lowest BCUT2D eigenvalue weighted by Gasteiger charge is -2.36. The Bertz CT molecular complexity index is 1850. The van der Waals surface area contributed by atoms with Crippen molar-refractivity contribution in [1.29, 1.82) is 0 Å². The van der Waals surface area contributed by atoms with Crippen molar-refractivity contribution in [2.75, 3.05) is 100 Å². The van der Waals surface area contributed by atoms with E-state index >= 15 is 0 Å². The number of unbranched alkanes of at least 4 members (excludes halogenated alkanes) is 52. The van der Waals surface area contributed by atoms with Crippen LogP contribution >= 0.6 is 0 Å². The molecule has 2 rings (SSSR count). The van der Waals surface area contributed by atoms with Gasteiger partial charge < -0.3 is 67.9 Å². The molecule has 1 aliphatic heterocycles. The first kappa shape index (κ1) is 118. The van der Waals surface area contributed by atoms with Gasteiger partial charge in [-0.25, -0.2) is 0 Å². The summed E-state index contributed by atoms with van der Waals surface area (Å²) in [6.07, 6.45) is 81.7. The van der Waals surface area contributed by atoms with Crippen molar-refractivity contribution >= 4 is 8.32 Å². The zero-order valence-corrected chi connectivity index (χ0v) is 79.8. The first-order valence-electron chi connectivity index (χ1n) is 49.6. The largest absolute Gasteiger partial charge is 0.417 e. The summed E-state index contributed by atoms with van der Waals surface area (Å²) in [7, 11) is 1.76. The average Bonchev–Trinajstić information content (AvgIpc) is 0.851. The summed E-state index contributed by atoms with van der Waals surface area (Å²) in [6.45, 7) is 29.7. The van der Waals surface area contributed by atoms with Gasteiger partial charge in [0, 0.05) is 66.0 Å². The lowest BCUT2D eigenvalue weighted by Crippen LogP contribution is -2.41. The monoisotopic (exact) mass is 1660 g/mol. The number of benzene rings is 1. The Morgan fingerprint density at radius 1 is 0.365 bits per heavy atom. The van der Waals surface area contributed by atoms with Crippen LogP contribution in [0.15, 0.2) is 30.3 Å². The Hall–Kier alpha value is -1.12. The van der Waals surface area contributed by atoms with Crippen molar-refractivity contribution in [3.05, 3.63) is 35.9 Å². The van der Waals surface area contributed by atoms with Crippen molar-refractivity contribution in [3.8, 4) is 0 Å². The second kappa shape index (κ2) is 96.7. The second-order valence-electron chi connectivity index (χ2n) is 35.3. The highest BCUT2D eigenvalue weighted by atomic mass is 28.4. The molecule has 1 heterocycles. The van der Waals surface area contributed by atoms with Crippen LogP contribution in [-0.4, -0.2) is 164 Å². The number of aliphatic hydroxyl groups is 5. The van der Waals surface area contributed by atoms with Gasteiger partial charge in [-0.1, -0.05) is 426 Å². The van der Waals surface area contributed by atoms with Crippen LogP contribution in [0, 0.1) is 0 Å². The molecular weight excluding hydrogens is 1450 g/mol. The van der Waals surface area contributed by atoms with Crippen LogP contribution in [0.2, 0.25) is 18.1 Å². The minimum Gasteiger partial charge on any atom is -0.417 e. The van der Waals surface area contributed by atoms with Crippen LogP contribution < -0.4 is 0 Å². The SMILES string of the molecule is CCCCCCCCCCCCCCCCOC[C@@H](O)CCO[Si](C)(C)C(C)(C)C.CCCCCCCCCCCCCCCCOC[C@@H]1CCOC(c2ccccc2)O1.CCCCCCCCCCCCCCCCOC[C@H](CCC)OC.CCCCCCCCCCCCCCCCOC[C@H](CCO)OC.OCC[C@H](O)CO. The fraction of sp³-hybridized carbons (Fsp3) is 0.940. The maximum absolute atomic E-state index is 10.1. The molecule has 0 bridgehead atoms. The minimum absolute atomic E-state index is 0.0432. The van der Waals surface area contributed by atoms with E-state index in [2.05, 4.69) is 80.6 Å². The van der Waals surface area contributed by atoms with Crippen LogP contribution in [0.4, 0.5) is 0 Å². The predicted octanol–water partition coefficient (Wildman–Crippen LogP) is 28.1. The molecule has 14 nitrogen and oxygen atoms in total. The van der Waals surface area contributed by atoms with Crippen molar-refractivity contribution < 1.29 is 67.9 Å². The number of aliphatic hydroxyl groups excluding tert-OH is 5. The first-order valence-corrected chi connectivity index (χ1v) is 52.5. The van der Waals surface area contributed by atoms with Crippen LogP contribution in [0.3, 0.4) is 0 Å². The molecule has 0 aromatic heterocycles. The van der Waals surface area contributed by atoms with E-state index < -0.39 is 20.5 Å². The molecule has 1 aromatic carbocycles. The molecule has 0 spiro atoms. The molecule has 0 aliphatic carbocycles. The van der Waals surface area contributed by atoms with Crippen molar-refractivity contribution in [2.45, 2.75) is 508 Å². The summed E-state index contributed by atoms with van der Waals surface area (Å²) in [6, 6.07) is 10.2. The summed E-state index contributed by atoms with van der Waals surface area (Å²) in [5, 5.41) is 43.8. The summed E-state index contributed by atoms with van der Waals surface area (Å²) in [5.74, 6) is 0. The molecule has 1 aromatic rings. The number of rotatable bonds is 82. The Kier molecular flexibility index (Phi) is 99.2. The molecular formula is C100H202O14Si. The van der Waals surface area contributed by atoms with E-state index in [0.29, 0.717) is 45.4 Å². The third kappa shape index (κ3) is 90.4. The van der Waals surface area contributed by atoms with E-state index in [4.69, 9.17) is 62.7 Å². The van der Waals surface area contributed by atoms with Crippen molar-refractivity contribution in [1.82, 2.24) is 0 Å². The highest BCUT2D eigenvalue weighted by Crippen LogP contribution is 2.37. The molecule has 1 fully saturated rings. The Morgan fingerprint density at radius 3 is 0.957 bits per heavy atom. The van der Waals surface area contributed by atoms with Gasteiger partial charge in [0.05, 0.1) is 70.2 Å². The van der Waals surface area contributed by atoms with E-state index in [-0.39, 0.29) is 49.8 Å². The summed E-state index contributed by atoms with van der Waals surface area (Å²) >= 11 is 0. The molecule has 0 amide bonds. The van der Waals surface area contributed by atoms with Gasteiger partial charge in [0.15, 0.2) is 14.6 Å². The van der Waals surface area contributed by atoms with Gasteiger partial charge >= 0.3 is 0 Å². The molecule has 1 unspecified atom stereocenters. The molecule has 6 atom stereocenters. The zero-order valence-electron chi connectivity index (χ0n) is 78.8. The maximum atomic E-state index is 10.1. The molecule has 1 aliphatic rings. The van der Waals surface area contributed by atoms with E-state index in [1.54, 1.807) is 14.2 Å². The Labute approximate surface area is 716 Å². The second-order valence-corrected chi connectivity index (χ2v) is 40.1. The Morgan fingerprint density at radius 2 is 0.670 bits per heavy atom. The standard InChI is InChI=1S/C27H46O3.C26H56O3Si.C22H46O2.C21H44O3.C4H10O3/c1-2-3-4-5-6-7-8-9-10-11-12-13-14-18-22-28-24-26-21-23-29-27(30-26)25-19-16-15-17-20-25;1-7-8-9-10-11-12-13-14-15-16-17-18-19-20-22-28-24-25(27)21-23-29-30(5,6)26(2,3)4;1-4-6-7-8-9-10-11-12-13-14-15-16-17-18-20-24-21-22(23-3)19-5-2;1-3-4-5-6-7-8-9-10-11-12-13-14-15-16-19-24-20-21(23-2)17-18-22;5-2-1-4(7)3-6/h15-17,19-20,26-27H,2-14,18,21-24H2,1H3;25,27H,7-24H2,1-6H3;22H,4-21H2,1-3H3;21-22H,3-20H2,1-2H3;4-7H,1-3H2/t26-,27?;25-;22-;21-;4-/m00000/s1. The third-order valence-corrected chi connectivity index (χ3v) is 27.5. The van der Waals surface area contributed by atoms with Gasteiger partial charge in [-0.2, -0.15) is 0 Å². The van der Waals surface area contributed by atoms with Gasteiger partial charge in [0.2, 0.25) is 0 Å². The van der Waals surface area contributed by atoms with Gasteiger partial charge in [-0.05, 0) is 75.9 Å². The van der Waals surface area contributed by atoms with Gasteiger partial charge in [-0.15, -0.1) is 0 Å². The van der Waals surface area contributed by atoms with Crippen LogP contribution in [-0.2, 0) is 42.3 Å². The van der Waals surface area contributed by atoms with E-state index in [0.717, 1.165) is 70.9 Å². The van der Waals surface area contributed by atoms with E-state index in [9.17, 15) is 5.11 Å². The quantitative estimate of drug-likeness (QED) is 0.0307. The third-order valence-electron chi connectivity index (χ3n) is 23.0. The average molecular weight is 1660 g/mol. The Balaban J connectivity index is -0.00000142. The molecule has 115 heavy (non-hydrogen) atoms. The fourth-order valence-corrected chi connectivity index (χ4v) is 15.0. The zero-order chi connectivity index (χ0) is 85.0. The minimum atomic E-state index is -1.70. The van der Waals surface area contributed by atoms with Gasteiger partial charge in [0.25, 0.3) is 0 Å². The fourth-order valence-electron chi connectivity index (χ4n) is 13.9. The van der Waals surface area contributed by atoms with E-state index in [1.165, 1.54) is 353 Å². The maximum Gasteiger partial charge on any atom is 0.191 e. The van der Waals surface area contributed by atoms with E-state index in [1.807, 2.05) is 18.2 Å². The molecule has 690 valence electrons. The topological polar surface area (TPSA) is 184 Å². The van der Waals surface area contributed by atoms with Crippen LogP contribution in [0.1, 0.15) is 465 Å². The van der Waals surface area contributed by atoms with Crippen molar-refractivity contribution in [2.24, 2.45) is 0 Å². The van der Waals surface area contributed by atoms with Crippen molar-refractivity contribution in [3.63, 3.8) is 0 Å².